The number of amidine groups is 1. The summed E-state index contributed by atoms with van der Waals surface area (Å²) in [5.41, 5.74) is 1.44. The lowest BCUT2D eigenvalue weighted by Crippen LogP contribution is -2.20. The van der Waals surface area contributed by atoms with Crippen molar-refractivity contribution in [2.75, 3.05) is 18.5 Å². The molecule has 0 saturated heterocycles. The second-order valence-electron chi connectivity index (χ2n) is 7.20. The highest BCUT2D eigenvalue weighted by atomic mass is 28.3. The molecular formula is C18H30F2N2OSi. The molecule has 0 atom stereocenters. The fraction of sp³-hybridized carbons (Fsp3) is 0.611. The zero-order valence-electron chi connectivity index (χ0n) is 15.7. The van der Waals surface area contributed by atoms with E-state index in [-0.39, 0.29) is 11.3 Å². The minimum atomic E-state index is -2.57. The van der Waals surface area contributed by atoms with Gasteiger partial charge in [0.25, 0.3) is 6.43 Å². The normalized spacial score (nSPS) is 12.6. The number of hydrogen-bond donors (Lipinski definition) is 1. The van der Waals surface area contributed by atoms with Crippen LogP contribution in [0.4, 0.5) is 14.5 Å². The highest BCUT2D eigenvalue weighted by Crippen LogP contribution is 2.34. The van der Waals surface area contributed by atoms with Crippen LogP contribution in [0.25, 0.3) is 0 Å². The van der Waals surface area contributed by atoms with Crippen molar-refractivity contribution >= 4 is 19.6 Å². The van der Waals surface area contributed by atoms with E-state index in [1.165, 1.54) is 6.07 Å². The Morgan fingerprint density at radius 3 is 2.50 bits per heavy atom. The van der Waals surface area contributed by atoms with Crippen LogP contribution in [0.15, 0.2) is 17.1 Å². The fourth-order valence-corrected chi connectivity index (χ4v) is 3.59. The van der Waals surface area contributed by atoms with Gasteiger partial charge in [0, 0.05) is 20.3 Å². The van der Waals surface area contributed by atoms with Gasteiger partial charge in [0.05, 0.1) is 18.0 Å². The van der Waals surface area contributed by atoms with Crippen LogP contribution in [-0.4, -0.2) is 27.1 Å². The number of halogens is 2. The zero-order chi connectivity index (χ0) is 18.3. The Kier molecular flexibility index (Phi) is 7.86. The molecule has 1 aromatic carbocycles. The lowest BCUT2D eigenvalue weighted by atomic mass is 10.1. The highest BCUT2D eigenvalue weighted by molar-refractivity contribution is 6.76. The Labute approximate surface area is 145 Å². The first-order valence-corrected chi connectivity index (χ1v) is 12.2. The lowest BCUT2D eigenvalue weighted by molar-refractivity contribution is 0.145. The van der Waals surface area contributed by atoms with E-state index in [0.29, 0.717) is 24.7 Å². The zero-order valence-corrected chi connectivity index (χ0v) is 16.7. The molecule has 1 N–H and O–H groups in total. The van der Waals surface area contributed by atoms with Gasteiger partial charge in [-0.25, -0.2) is 8.78 Å². The van der Waals surface area contributed by atoms with E-state index in [1.54, 1.807) is 6.07 Å². The summed E-state index contributed by atoms with van der Waals surface area (Å²) in [7, 11) is -1.13. The first-order valence-electron chi connectivity index (χ1n) is 8.47. The van der Waals surface area contributed by atoms with Crippen molar-refractivity contribution in [1.82, 2.24) is 0 Å². The molecule has 136 valence electrons. The SMILES string of the molecule is CCN=C(C)Nc1cc(C(F)F)c(OCCC[Si](C)(C)C)cc1C. The number of alkyl halides is 2. The summed E-state index contributed by atoms with van der Waals surface area (Å²) < 4.78 is 32.5. The largest absolute Gasteiger partial charge is 0.493 e. The monoisotopic (exact) mass is 356 g/mol. The maximum atomic E-state index is 13.4. The molecule has 0 unspecified atom stereocenters. The van der Waals surface area contributed by atoms with Gasteiger partial charge >= 0.3 is 0 Å². The predicted molar refractivity (Wildman–Crippen MR) is 102 cm³/mol. The molecule has 0 bridgehead atoms. The van der Waals surface area contributed by atoms with Crippen molar-refractivity contribution in [2.24, 2.45) is 4.99 Å². The van der Waals surface area contributed by atoms with Gasteiger partial charge in [-0.15, -0.1) is 0 Å². The van der Waals surface area contributed by atoms with Crippen molar-refractivity contribution in [1.29, 1.82) is 0 Å². The minimum absolute atomic E-state index is 0.0691. The molecule has 24 heavy (non-hydrogen) atoms. The lowest BCUT2D eigenvalue weighted by Gasteiger charge is -2.18. The number of aryl methyl sites for hydroxylation is 1. The van der Waals surface area contributed by atoms with Gasteiger partial charge < -0.3 is 10.1 Å². The Hall–Kier alpha value is -1.43. The van der Waals surface area contributed by atoms with Gasteiger partial charge in [0.15, 0.2) is 0 Å². The minimum Gasteiger partial charge on any atom is -0.493 e. The Morgan fingerprint density at radius 1 is 1.29 bits per heavy atom. The summed E-state index contributed by atoms with van der Waals surface area (Å²) >= 11 is 0. The molecular weight excluding hydrogens is 326 g/mol. The summed E-state index contributed by atoms with van der Waals surface area (Å²) in [6, 6.07) is 4.29. The first-order chi connectivity index (χ1) is 11.1. The number of ether oxygens (including phenoxy) is 1. The molecule has 0 aliphatic carbocycles. The molecule has 6 heteroatoms. The van der Waals surface area contributed by atoms with Crippen molar-refractivity contribution in [2.45, 2.75) is 59.3 Å². The van der Waals surface area contributed by atoms with Crippen molar-refractivity contribution in [3.05, 3.63) is 23.3 Å². The van der Waals surface area contributed by atoms with Gasteiger partial charge in [-0.1, -0.05) is 25.7 Å². The summed E-state index contributed by atoms with van der Waals surface area (Å²) in [4.78, 5) is 4.23. The molecule has 0 aromatic heterocycles. The van der Waals surface area contributed by atoms with Crippen LogP contribution in [0.2, 0.25) is 25.7 Å². The maximum absolute atomic E-state index is 13.4. The van der Waals surface area contributed by atoms with Gasteiger partial charge in [-0.2, -0.15) is 0 Å². The molecule has 3 nitrogen and oxygen atoms in total. The third-order valence-corrected chi connectivity index (χ3v) is 5.48. The van der Waals surface area contributed by atoms with E-state index in [4.69, 9.17) is 4.74 Å². The van der Waals surface area contributed by atoms with E-state index in [1.807, 2.05) is 20.8 Å². The average molecular weight is 357 g/mol. The second kappa shape index (κ2) is 9.16. The topological polar surface area (TPSA) is 33.6 Å². The summed E-state index contributed by atoms with van der Waals surface area (Å²) in [5.74, 6) is 0.998. The number of benzene rings is 1. The molecule has 0 fully saturated rings. The molecule has 0 saturated carbocycles. The van der Waals surface area contributed by atoms with E-state index in [9.17, 15) is 8.78 Å². The molecule has 1 rings (SSSR count). The number of nitrogens with zero attached hydrogens (tertiary/aromatic N) is 1. The Morgan fingerprint density at radius 2 is 1.96 bits per heavy atom. The van der Waals surface area contributed by atoms with Crippen LogP contribution < -0.4 is 10.1 Å². The standard InChI is InChI=1S/C18H30F2N2OSi/c1-7-21-14(3)22-16-12-15(18(19)20)17(11-13(16)2)23-9-8-10-24(4,5)6/h11-12,18H,7-10H2,1-6H3,(H,21,22). The van der Waals surface area contributed by atoms with E-state index < -0.39 is 14.5 Å². The quantitative estimate of drug-likeness (QED) is 0.273. The third kappa shape index (κ3) is 6.99. The third-order valence-electron chi connectivity index (χ3n) is 3.63. The number of nitrogens with one attached hydrogen (secondary N) is 1. The van der Waals surface area contributed by atoms with Gasteiger partial charge in [0.2, 0.25) is 0 Å². The van der Waals surface area contributed by atoms with Crippen molar-refractivity contribution in [3.63, 3.8) is 0 Å². The summed E-state index contributed by atoms with van der Waals surface area (Å²) in [5, 5.41) is 3.09. The van der Waals surface area contributed by atoms with Crippen molar-refractivity contribution < 1.29 is 13.5 Å². The maximum Gasteiger partial charge on any atom is 0.267 e. The Balaban J connectivity index is 2.89. The van der Waals surface area contributed by atoms with Crippen LogP contribution >= 0.6 is 0 Å². The highest BCUT2D eigenvalue weighted by Gasteiger charge is 2.18. The van der Waals surface area contributed by atoms with Gasteiger partial charge in [-0.3, -0.25) is 4.99 Å². The molecule has 0 heterocycles. The van der Waals surface area contributed by atoms with Crippen molar-refractivity contribution in [3.8, 4) is 5.75 Å². The Bertz CT molecular complexity index is 569. The smallest absolute Gasteiger partial charge is 0.267 e. The number of aliphatic imine (C=N–C) groups is 1. The first kappa shape index (κ1) is 20.6. The number of anilines is 1. The summed E-state index contributed by atoms with van der Waals surface area (Å²) in [6.07, 6.45) is -1.67. The molecule has 1 aromatic rings. The van der Waals surface area contributed by atoms with E-state index in [0.717, 1.165) is 18.0 Å². The number of hydrogen-bond acceptors (Lipinski definition) is 2. The molecule has 0 spiro atoms. The van der Waals surface area contributed by atoms with Crippen LogP contribution in [0.1, 0.15) is 37.8 Å². The molecule has 0 aliphatic heterocycles. The summed E-state index contributed by atoms with van der Waals surface area (Å²) in [6.45, 7) is 13.6. The number of rotatable bonds is 8. The van der Waals surface area contributed by atoms with Crippen LogP contribution in [-0.2, 0) is 0 Å². The average Bonchev–Trinajstić information content (AvgIpc) is 2.45. The van der Waals surface area contributed by atoms with Crippen LogP contribution in [0, 0.1) is 6.92 Å². The second-order valence-corrected chi connectivity index (χ2v) is 12.8. The van der Waals surface area contributed by atoms with Gasteiger partial charge in [0.1, 0.15) is 5.75 Å². The molecule has 0 amide bonds. The van der Waals surface area contributed by atoms with E-state index >= 15 is 0 Å². The fourth-order valence-electron chi connectivity index (χ4n) is 2.38. The van der Waals surface area contributed by atoms with Crippen LogP contribution in [0.3, 0.4) is 0 Å². The molecule has 0 aliphatic rings. The predicted octanol–water partition coefficient (Wildman–Crippen LogP) is 5.89. The molecule has 0 radical (unpaired) electrons. The van der Waals surface area contributed by atoms with E-state index in [2.05, 4.69) is 30.0 Å². The van der Waals surface area contributed by atoms with Crippen LogP contribution in [0.5, 0.6) is 5.75 Å². The van der Waals surface area contributed by atoms with Gasteiger partial charge in [-0.05, 0) is 44.9 Å².